The van der Waals surface area contributed by atoms with Crippen LogP contribution in [-0.2, 0) is 0 Å². The molecule has 0 bridgehead atoms. The van der Waals surface area contributed by atoms with E-state index in [2.05, 4.69) is 203 Å². The van der Waals surface area contributed by atoms with Crippen LogP contribution in [0, 0.1) is 0 Å². The summed E-state index contributed by atoms with van der Waals surface area (Å²) in [5.74, 6) is 1.71. The van der Waals surface area contributed by atoms with Crippen molar-refractivity contribution in [2.45, 2.75) is 0 Å². The molecule has 0 amide bonds. The summed E-state index contributed by atoms with van der Waals surface area (Å²) in [6.07, 6.45) is 0. The number of aromatic nitrogens is 5. The van der Waals surface area contributed by atoms with Crippen molar-refractivity contribution in [3.63, 3.8) is 0 Å². The van der Waals surface area contributed by atoms with Gasteiger partial charge in [-0.1, -0.05) is 170 Å². The Balaban J connectivity index is 1.15. The number of fused-ring (bicyclic) bond motifs is 6. The van der Waals surface area contributed by atoms with E-state index in [1.807, 2.05) is 6.07 Å². The highest BCUT2D eigenvalue weighted by atomic mass is 15.3. The first kappa shape index (κ1) is 31.9. The highest BCUT2D eigenvalue weighted by Gasteiger charge is 2.21. The van der Waals surface area contributed by atoms with E-state index in [0.717, 1.165) is 71.4 Å². The van der Waals surface area contributed by atoms with E-state index in [1.165, 1.54) is 11.1 Å². The fourth-order valence-corrected chi connectivity index (χ4v) is 8.14. The van der Waals surface area contributed by atoms with Gasteiger partial charge < -0.3 is 0 Å². The second-order valence-corrected chi connectivity index (χ2v) is 14.1. The molecule has 0 N–H and O–H groups in total. The summed E-state index contributed by atoms with van der Waals surface area (Å²) in [4.78, 5) is 16.0. The summed E-state index contributed by atoms with van der Waals surface area (Å²) in [6, 6.07) is 70.4. The molecule has 0 saturated carbocycles. The Hall–Kier alpha value is -7.63. The quantitative estimate of drug-likeness (QED) is 0.172. The average Bonchev–Trinajstić information content (AvgIpc) is 3.80. The maximum atomic E-state index is 5.37. The lowest BCUT2D eigenvalue weighted by Crippen LogP contribution is -2.10. The largest absolute Gasteiger partial charge is 0.278 e. The van der Waals surface area contributed by atoms with Crippen LogP contribution >= 0.6 is 0 Å². The van der Waals surface area contributed by atoms with Crippen molar-refractivity contribution in [2.24, 2.45) is 0 Å². The summed E-state index contributed by atoms with van der Waals surface area (Å²) in [6.45, 7) is 0. The molecule has 3 heterocycles. The van der Waals surface area contributed by atoms with Gasteiger partial charge >= 0.3 is 0 Å². The molecule has 262 valence electrons. The van der Waals surface area contributed by atoms with E-state index in [-0.39, 0.29) is 0 Å². The molecule has 8 aromatic carbocycles. The van der Waals surface area contributed by atoms with Crippen molar-refractivity contribution < 1.29 is 0 Å². The second-order valence-electron chi connectivity index (χ2n) is 14.1. The third kappa shape index (κ3) is 5.29. The Labute approximate surface area is 323 Å². The predicted octanol–water partition coefficient (Wildman–Crippen LogP) is 12.7. The van der Waals surface area contributed by atoms with Crippen LogP contribution in [0.15, 0.2) is 200 Å². The maximum absolute atomic E-state index is 5.37. The first-order chi connectivity index (χ1) is 27.8. The Bertz CT molecular complexity index is 3180. The maximum Gasteiger partial charge on any atom is 0.240 e. The number of benzene rings is 8. The fraction of sp³-hybridized carbons (Fsp3) is 0. The van der Waals surface area contributed by atoms with Crippen molar-refractivity contribution in [1.29, 1.82) is 0 Å². The Kier molecular flexibility index (Phi) is 7.42. The molecule has 0 fully saturated rings. The third-order valence-electron chi connectivity index (χ3n) is 10.8. The van der Waals surface area contributed by atoms with Gasteiger partial charge in [0.15, 0.2) is 5.82 Å². The van der Waals surface area contributed by atoms with Crippen LogP contribution in [0.3, 0.4) is 0 Å². The van der Waals surface area contributed by atoms with E-state index in [1.54, 1.807) is 0 Å². The molecular formula is C51H33N5. The lowest BCUT2D eigenvalue weighted by Gasteiger charge is -2.13. The molecule has 56 heavy (non-hydrogen) atoms. The van der Waals surface area contributed by atoms with Gasteiger partial charge in [0.05, 0.1) is 22.1 Å². The van der Waals surface area contributed by atoms with Gasteiger partial charge in [-0.3, -0.25) is 9.13 Å². The van der Waals surface area contributed by atoms with Crippen LogP contribution in [-0.4, -0.2) is 24.1 Å². The monoisotopic (exact) mass is 715 g/mol. The zero-order valence-corrected chi connectivity index (χ0v) is 30.3. The van der Waals surface area contributed by atoms with Crippen LogP contribution in [0.4, 0.5) is 0 Å². The standard InChI is InChI=1S/C51H33N5/c1-3-14-34(15-4-1)36-26-28-37(29-27-36)38-18-13-19-40(32-38)49-52-50(55-45-23-10-7-20-41(45)42-21-8-11-24-46(42)55)54-51(53-49)56-47-25-12-9-22-43(47)44-31-30-39(33-48(44)56)35-16-5-2-6-17-35/h1-33H. The Morgan fingerprint density at radius 2 is 0.625 bits per heavy atom. The van der Waals surface area contributed by atoms with Crippen LogP contribution < -0.4 is 0 Å². The first-order valence-electron chi connectivity index (χ1n) is 18.9. The first-order valence-corrected chi connectivity index (χ1v) is 18.9. The minimum Gasteiger partial charge on any atom is -0.278 e. The van der Waals surface area contributed by atoms with Gasteiger partial charge in [0, 0.05) is 27.1 Å². The van der Waals surface area contributed by atoms with Gasteiger partial charge in [0.1, 0.15) is 0 Å². The van der Waals surface area contributed by atoms with Gasteiger partial charge in [-0.05, 0) is 63.7 Å². The fourth-order valence-electron chi connectivity index (χ4n) is 8.14. The Morgan fingerprint density at radius 3 is 1.20 bits per heavy atom. The molecule has 0 aliphatic heterocycles. The van der Waals surface area contributed by atoms with Crippen LogP contribution in [0.25, 0.3) is 100 Å². The van der Waals surface area contributed by atoms with E-state index in [4.69, 9.17) is 15.0 Å². The highest BCUT2D eigenvalue weighted by Crippen LogP contribution is 2.36. The molecule has 0 aliphatic rings. The van der Waals surface area contributed by atoms with E-state index in [9.17, 15) is 0 Å². The lowest BCUT2D eigenvalue weighted by molar-refractivity contribution is 0.893. The molecule has 0 atom stereocenters. The number of hydrogen-bond acceptors (Lipinski definition) is 3. The predicted molar refractivity (Wildman–Crippen MR) is 230 cm³/mol. The smallest absolute Gasteiger partial charge is 0.240 e. The number of nitrogens with zero attached hydrogens (tertiary/aromatic N) is 5. The van der Waals surface area contributed by atoms with Gasteiger partial charge in [-0.25, -0.2) is 0 Å². The molecule has 5 heteroatoms. The third-order valence-corrected chi connectivity index (χ3v) is 10.8. The molecule has 0 spiro atoms. The molecule has 11 aromatic rings. The molecule has 11 rings (SSSR count). The van der Waals surface area contributed by atoms with E-state index >= 15 is 0 Å². The minimum absolute atomic E-state index is 0.556. The summed E-state index contributed by atoms with van der Waals surface area (Å²) in [5, 5.41) is 4.58. The second kappa shape index (κ2) is 13.0. The molecule has 0 aliphatic carbocycles. The van der Waals surface area contributed by atoms with Crippen molar-refractivity contribution in [3.8, 4) is 56.7 Å². The number of rotatable bonds is 6. The van der Waals surface area contributed by atoms with Crippen molar-refractivity contribution >= 4 is 43.6 Å². The summed E-state index contributed by atoms with van der Waals surface area (Å²) in [5.41, 5.74) is 11.9. The van der Waals surface area contributed by atoms with E-state index in [0.29, 0.717) is 17.7 Å². The average molecular weight is 716 g/mol. The summed E-state index contributed by atoms with van der Waals surface area (Å²) < 4.78 is 4.38. The van der Waals surface area contributed by atoms with Gasteiger partial charge in [0.25, 0.3) is 0 Å². The van der Waals surface area contributed by atoms with Gasteiger partial charge in [-0.2, -0.15) is 15.0 Å². The molecule has 0 saturated heterocycles. The molecule has 0 radical (unpaired) electrons. The van der Waals surface area contributed by atoms with Crippen molar-refractivity contribution in [1.82, 2.24) is 24.1 Å². The molecule has 0 unspecified atom stereocenters. The van der Waals surface area contributed by atoms with Gasteiger partial charge in [-0.15, -0.1) is 0 Å². The molecule has 3 aromatic heterocycles. The van der Waals surface area contributed by atoms with Crippen LogP contribution in [0.1, 0.15) is 0 Å². The molecular weight excluding hydrogens is 683 g/mol. The zero-order valence-electron chi connectivity index (χ0n) is 30.3. The number of hydrogen-bond donors (Lipinski definition) is 0. The molecule has 5 nitrogen and oxygen atoms in total. The topological polar surface area (TPSA) is 48.5 Å². The van der Waals surface area contributed by atoms with Crippen LogP contribution in [0.2, 0.25) is 0 Å². The van der Waals surface area contributed by atoms with E-state index < -0.39 is 0 Å². The summed E-state index contributed by atoms with van der Waals surface area (Å²) in [7, 11) is 0. The lowest BCUT2D eigenvalue weighted by atomic mass is 9.99. The summed E-state index contributed by atoms with van der Waals surface area (Å²) >= 11 is 0. The SMILES string of the molecule is c1ccc(-c2ccc(-c3cccc(-c4nc(-n5c6ccccc6c6ccccc65)nc(-n5c6ccccc6c6ccc(-c7ccccc7)cc65)n4)c3)cc2)cc1. The number of para-hydroxylation sites is 3. The normalized spacial score (nSPS) is 11.6. The Morgan fingerprint density at radius 1 is 0.250 bits per heavy atom. The van der Waals surface area contributed by atoms with Crippen LogP contribution in [0.5, 0.6) is 0 Å². The highest BCUT2D eigenvalue weighted by molar-refractivity contribution is 6.10. The zero-order chi connectivity index (χ0) is 37.0. The van der Waals surface area contributed by atoms with Gasteiger partial charge in [0.2, 0.25) is 11.9 Å². The minimum atomic E-state index is 0.556. The van der Waals surface area contributed by atoms with Crippen molar-refractivity contribution in [3.05, 3.63) is 200 Å². The van der Waals surface area contributed by atoms with Crippen molar-refractivity contribution in [2.75, 3.05) is 0 Å².